The van der Waals surface area contributed by atoms with Gasteiger partial charge in [0, 0.05) is 6.42 Å². The first kappa shape index (κ1) is 29.1. The van der Waals surface area contributed by atoms with Gasteiger partial charge in [-0.3, -0.25) is 9.59 Å². The molecule has 0 aliphatic carbocycles. The van der Waals surface area contributed by atoms with Crippen molar-refractivity contribution in [3.63, 3.8) is 0 Å². The lowest BCUT2D eigenvalue weighted by Gasteiger charge is -2.25. The monoisotopic (exact) mass is 542 g/mol. The topological polar surface area (TPSA) is 128 Å². The average Bonchev–Trinajstić information content (AvgIpc) is 2.89. The van der Waals surface area contributed by atoms with Crippen LogP contribution in [0.1, 0.15) is 31.4 Å². The predicted octanol–water partition coefficient (Wildman–Crippen LogP) is 2.69. The number of rotatable bonds is 5. The molecule has 0 unspecified atom stereocenters. The number of hydrogen-bond acceptors (Lipinski definition) is 7. The highest BCUT2D eigenvalue weighted by Gasteiger charge is 2.29. The molecule has 10 heteroatoms. The second-order valence-electron chi connectivity index (χ2n) is 9.50. The van der Waals surface area contributed by atoms with Crippen LogP contribution in [0.4, 0.5) is 0 Å². The minimum Gasteiger partial charge on any atom is -0.465 e. The molecule has 0 radical (unpaired) electrons. The summed E-state index contributed by atoms with van der Waals surface area (Å²) in [5, 5.41) is 2.70. The van der Waals surface area contributed by atoms with Crippen LogP contribution in [0.5, 0.6) is 0 Å². The number of ether oxygens (including phenoxy) is 2. The molecule has 3 rings (SSSR count). The second kappa shape index (κ2) is 13.3. The maximum Gasteiger partial charge on any atom is 0.329 e. The van der Waals surface area contributed by atoms with Crippen LogP contribution in [-0.2, 0) is 40.3 Å². The minimum atomic E-state index is -3.94. The zero-order valence-corrected chi connectivity index (χ0v) is 22.6. The van der Waals surface area contributed by atoms with E-state index in [1.807, 2.05) is 37.3 Å². The number of esters is 2. The third-order valence-electron chi connectivity index (χ3n) is 6.23. The molecule has 2 aromatic carbocycles. The molecule has 0 spiro atoms. The van der Waals surface area contributed by atoms with Gasteiger partial charge in [0.15, 0.2) is 0 Å². The maximum atomic E-state index is 13.2. The van der Waals surface area contributed by atoms with E-state index < -0.39 is 51.8 Å². The van der Waals surface area contributed by atoms with Crippen molar-refractivity contribution in [2.45, 2.75) is 50.6 Å². The highest BCUT2D eigenvalue weighted by atomic mass is 32.2. The quantitative estimate of drug-likeness (QED) is 0.439. The average molecular weight is 543 g/mol. The number of carbonyl (C=O) groups excluding carboxylic acids is 3. The van der Waals surface area contributed by atoms with E-state index in [-0.39, 0.29) is 31.0 Å². The predicted molar refractivity (Wildman–Crippen MR) is 141 cm³/mol. The second-order valence-corrected chi connectivity index (χ2v) is 11.2. The number of nitrogens with one attached hydrogen (secondary N) is 2. The SMILES string of the molecule is Cc1ccc(S(=O)(=O)N[C@H]2COC(=O)[C@@H](Cc3ccccc3)NC(=O)[C@@H](C)COC(=O)C/C=C\[C@@H]2C)cc1. The number of hydrogen-bond donors (Lipinski definition) is 2. The van der Waals surface area contributed by atoms with Crippen LogP contribution in [0.3, 0.4) is 0 Å². The van der Waals surface area contributed by atoms with Crippen LogP contribution < -0.4 is 10.0 Å². The number of amides is 1. The van der Waals surface area contributed by atoms with Gasteiger partial charge >= 0.3 is 11.9 Å². The van der Waals surface area contributed by atoms with Crippen molar-refractivity contribution in [2.75, 3.05) is 13.2 Å². The Hall–Kier alpha value is -3.50. The summed E-state index contributed by atoms with van der Waals surface area (Å²) in [6.45, 7) is 4.78. The molecule has 0 saturated heterocycles. The summed E-state index contributed by atoms with van der Waals surface area (Å²) in [5.41, 5.74) is 1.72. The molecule has 0 fully saturated rings. The Kier molecular flexibility index (Phi) is 10.2. The third kappa shape index (κ3) is 8.53. The zero-order valence-electron chi connectivity index (χ0n) is 21.8. The molecular formula is C28H34N2O7S. The molecule has 2 N–H and O–H groups in total. The van der Waals surface area contributed by atoms with Gasteiger partial charge in [-0.05, 0) is 30.5 Å². The Morgan fingerprint density at radius 3 is 2.32 bits per heavy atom. The van der Waals surface area contributed by atoms with Gasteiger partial charge in [-0.2, -0.15) is 0 Å². The normalized spacial score (nSPS) is 24.8. The lowest BCUT2D eigenvalue weighted by molar-refractivity contribution is -0.150. The largest absolute Gasteiger partial charge is 0.465 e. The fourth-order valence-corrected chi connectivity index (χ4v) is 5.08. The van der Waals surface area contributed by atoms with Crippen molar-refractivity contribution in [2.24, 2.45) is 11.8 Å². The Labute approximate surface area is 223 Å². The van der Waals surface area contributed by atoms with Crippen LogP contribution in [0.25, 0.3) is 0 Å². The van der Waals surface area contributed by atoms with Gasteiger partial charge in [-0.1, -0.05) is 74.0 Å². The van der Waals surface area contributed by atoms with Gasteiger partial charge in [0.05, 0.1) is 23.3 Å². The van der Waals surface area contributed by atoms with Crippen molar-refractivity contribution < 1.29 is 32.3 Å². The van der Waals surface area contributed by atoms with Crippen molar-refractivity contribution in [1.29, 1.82) is 0 Å². The Morgan fingerprint density at radius 2 is 1.63 bits per heavy atom. The summed E-state index contributed by atoms with van der Waals surface area (Å²) in [7, 11) is -3.94. The van der Waals surface area contributed by atoms with Crippen LogP contribution in [-0.4, -0.2) is 51.6 Å². The van der Waals surface area contributed by atoms with Crippen LogP contribution in [0.2, 0.25) is 0 Å². The van der Waals surface area contributed by atoms with Gasteiger partial charge in [0.1, 0.15) is 19.3 Å². The molecule has 1 aliphatic heterocycles. The summed E-state index contributed by atoms with van der Waals surface area (Å²) >= 11 is 0. The van der Waals surface area contributed by atoms with E-state index in [0.29, 0.717) is 0 Å². The fourth-order valence-electron chi connectivity index (χ4n) is 3.77. The van der Waals surface area contributed by atoms with E-state index in [4.69, 9.17) is 9.47 Å². The summed E-state index contributed by atoms with van der Waals surface area (Å²) in [6.07, 6.45) is 3.37. The van der Waals surface area contributed by atoms with Gasteiger partial charge in [-0.15, -0.1) is 0 Å². The first-order valence-electron chi connectivity index (χ1n) is 12.5. The smallest absolute Gasteiger partial charge is 0.329 e. The number of aryl methyl sites for hydroxylation is 1. The maximum absolute atomic E-state index is 13.2. The Bertz CT molecular complexity index is 1240. The molecule has 0 saturated carbocycles. The first-order chi connectivity index (χ1) is 18.0. The molecule has 1 heterocycles. The molecule has 0 aromatic heterocycles. The third-order valence-corrected chi connectivity index (χ3v) is 7.73. The van der Waals surface area contributed by atoms with Crippen LogP contribution >= 0.6 is 0 Å². The van der Waals surface area contributed by atoms with E-state index in [1.165, 1.54) is 12.1 Å². The van der Waals surface area contributed by atoms with E-state index in [1.54, 1.807) is 38.1 Å². The lowest BCUT2D eigenvalue weighted by atomic mass is 10.0. The van der Waals surface area contributed by atoms with Gasteiger partial charge in [-0.25, -0.2) is 17.9 Å². The molecule has 1 amide bonds. The molecule has 1 aliphatic rings. The van der Waals surface area contributed by atoms with Crippen molar-refractivity contribution in [3.05, 3.63) is 77.9 Å². The Balaban J connectivity index is 1.87. The highest BCUT2D eigenvalue weighted by molar-refractivity contribution is 7.89. The molecule has 2 aromatic rings. The molecule has 9 nitrogen and oxygen atoms in total. The number of cyclic esters (lactones) is 2. The number of benzene rings is 2. The van der Waals surface area contributed by atoms with Crippen molar-refractivity contribution in [3.8, 4) is 0 Å². The fraction of sp³-hybridized carbons (Fsp3) is 0.393. The van der Waals surface area contributed by atoms with Crippen molar-refractivity contribution in [1.82, 2.24) is 10.0 Å². The zero-order chi connectivity index (χ0) is 27.7. The molecule has 38 heavy (non-hydrogen) atoms. The molecular weight excluding hydrogens is 508 g/mol. The Morgan fingerprint density at radius 1 is 0.947 bits per heavy atom. The minimum absolute atomic E-state index is 0.0491. The molecule has 0 bridgehead atoms. The van der Waals surface area contributed by atoms with Gasteiger partial charge in [0.25, 0.3) is 0 Å². The van der Waals surface area contributed by atoms with E-state index in [0.717, 1.165) is 11.1 Å². The van der Waals surface area contributed by atoms with E-state index in [9.17, 15) is 22.8 Å². The van der Waals surface area contributed by atoms with E-state index in [2.05, 4.69) is 10.0 Å². The highest BCUT2D eigenvalue weighted by Crippen LogP contribution is 2.16. The van der Waals surface area contributed by atoms with Gasteiger partial charge in [0.2, 0.25) is 15.9 Å². The summed E-state index contributed by atoms with van der Waals surface area (Å²) < 4.78 is 39.6. The summed E-state index contributed by atoms with van der Waals surface area (Å²) in [6, 6.07) is 13.7. The summed E-state index contributed by atoms with van der Waals surface area (Å²) in [4.78, 5) is 38.2. The number of sulfonamides is 1. The van der Waals surface area contributed by atoms with Gasteiger partial charge < -0.3 is 14.8 Å². The van der Waals surface area contributed by atoms with Crippen LogP contribution in [0, 0.1) is 18.8 Å². The summed E-state index contributed by atoms with van der Waals surface area (Å²) in [5.74, 6) is -2.81. The van der Waals surface area contributed by atoms with E-state index >= 15 is 0 Å². The van der Waals surface area contributed by atoms with Crippen molar-refractivity contribution >= 4 is 27.9 Å². The van der Waals surface area contributed by atoms with Crippen LogP contribution in [0.15, 0.2) is 71.6 Å². The number of carbonyl (C=O) groups is 3. The standard InChI is InChI=1S/C28H34N2O7S/c1-19-12-14-23(15-13-19)38(34,35)30-25-18-37-28(33)24(16-22-9-5-4-6-10-22)29-27(32)21(3)17-36-26(31)11-7-8-20(25)2/h4-10,12-15,20-21,24-25,30H,11,16-18H2,1-3H3,(H,29,32)/b8-7-/t20-,21-,24+,25-/m0/s1. The molecule has 204 valence electrons. The molecule has 4 atom stereocenters. The first-order valence-corrected chi connectivity index (χ1v) is 14.0. The lowest BCUT2D eigenvalue weighted by Crippen LogP contribution is -2.48.